The third kappa shape index (κ3) is 3.04. The van der Waals surface area contributed by atoms with Crippen LogP contribution in [0.4, 0.5) is 13.2 Å². The Morgan fingerprint density at radius 3 is 2.06 bits per heavy atom. The van der Waals surface area contributed by atoms with Crippen LogP contribution in [0, 0.1) is 0 Å². The Hall–Kier alpha value is -0.950. The zero-order valence-corrected chi connectivity index (χ0v) is 10.7. The van der Waals surface area contributed by atoms with Gasteiger partial charge in [-0.05, 0) is 17.7 Å². The molecule has 1 aromatic carbocycles. The number of hydrogen-bond acceptors (Lipinski definition) is 3. The fraction of sp³-hybridized carbons (Fsp3) is 0.400. The second-order valence-electron chi connectivity index (χ2n) is 3.25. The Bertz CT molecular complexity index is 409. The molecule has 0 aliphatic rings. The van der Waals surface area contributed by atoms with E-state index in [1.165, 1.54) is 26.4 Å². The van der Waals surface area contributed by atoms with Gasteiger partial charge in [0.25, 0.3) is 0 Å². The summed E-state index contributed by atoms with van der Waals surface area (Å²) < 4.78 is 47.7. The Labute approximate surface area is 105 Å². The van der Waals surface area contributed by atoms with Crippen LogP contribution >= 0.6 is 15.9 Å². The topological polar surface area (TPSA) is 44.5 Å². The highest BCUT2D eigenvalue weighted by atomic mass is 79.9. The second-order valence-corrected chi connectivity index (χ2v) is 4.10. The molecule has 0 aliphatic carbocycles. The molecule has 0 aliphatic heterocycles. The number of methoxy groups -OCH3 is 2. The van der Waals surface area contributed by atoms with Gasteiger partial charge in [-0.15, -0.1) is 0 Å². The Morgan fingerprint density at radius 2 is 1.65 bits per heavy atom. The minimum absolute atomic E-state index is 0.102. The highest BCUT2D eigenvalue weighted by Gasteiger charge is 2.39. The molecule has 0 amide bonds. The molecule has 7 heteroatoms. The van der Waals surface area contributed by atoms with Crippen LogP contribution in [0.25, 0.3) is 0 Å². The zero-order valence-electron chi connectivity index (χ0n) is 9.14. The van der Waals surface area contributed by atoms with E-state index in [9.17, 15) is 13.2 Å². The van der Waals surface area contributed by atoms with Crippen molar-refractivity contribution in [1.29, 1.82) is 0 Å². The van der Waals surface area contributed by atoms with Crippen molar-refractivity contribution in [2.45, 2.75) is 12.2 Å². The van der Waals surface area contributed by atoms with E-state index in [4.69, 9.17) is 15.2 Å². The van der Waals surface area contributed by atoms with Crippen LogP contribution in [-0.2, 0) is 0 Å². The summed E-state index contributed by atoms with van der Waals surface area (Å²) in [5, 5.41) is 0. The maximum Gasteiger partial charge on any atom is 0.407 e. The summed E-state index contributed by atoms with van der Waals surface area (Å²) in [6.07, 6.45) is -4.51. The maximum absolute atomic E-state index is 12.5. The van der Waals surface area contributed by atoms with Crippen LogP contribution in [0.1, 0.15) is 11.6 Å². The van der Waals surface area contributed by atoms with Gasteiger partial charge in [-0.1, -0.05) is 15.9 Å². The highest BCUT2D eigenvalue weighted by Crippen LogP contribution is 2.40. The normalized spacial score (nSPS) is 13.4. The highest BCUT2D eigenvalue weighted by molar-refractivity contribution is 9.10. The molecule has 2 N–H and O–H groups in total. The average molecular weight is 314 g/mol. The lowest BCUT2D eigenvalue weighted by atomic mass is 10.1. The zero-order chi connectivity index (χ0) is 13.2. The molecule has 0 spiro atoms. The summed E-state index contributed by atoms with van der Waals surface area (Å²) in [5.41, 5.74) is 5.03. The summed E-state index contributed by atoms with van der Waals surface area (Å²) >= 11 is 3.03. The second kappa shape index (κ2) is 5.14. The number of hydrogen-bond donors (Lipinski definition) is 1. The van der Waals surface area contributed by atoms with Gasteiger partial charge in [-0.3, -0.25) is 0 Å². The van der Waals surface area contributed by atoms with Crippen LogP contribution in [0.15, 0.2) is 16.6 Å². The fourth-order valence-electron chi connectivity index (χ4n) is 1.28. The quantitative estimate of drug-likeness (QED) is 0.933. The van der Waals surface area contributed by atoms with Crippen LogP contribution in [-0.4, -0.2) is 20.4 Å². The van der Waals surface area contributed by atoms with Crippen molar-refractivity contribution in [3.63, 3.8) is 0 Å². The molecule has 0 saturated carbocycles. The number of benzene rings is 1. The Balaban J connectivity index is 3.26. The van der Waals surface area contributed by atoms with Gasteiger partial charge in [0.05, 0.1) is 14.2 Å². The number of nitrogens with two attached hydrogens (primary N) is 1. The number of halogens is 4. The van der Waals surface area contributed by atoms with Gasteiger partial charge in [-0.25, -0.2) is 0 Å². The summed E-state index contributed by atoms with van der Waals surface area (Å²) in [4.78, 5) is 0. The van der Waals surface area contributed by atoms with Crippen LogP contribution in [0.5, 0.6) is 11.5 Å². The lowest BCUT2D eigenvalue weighted by Gasteiger charge is -2.19. The molecule has 0 saturated heterocycles. The standard InChI is InChI=1S/C10H11BrF3NO2/c1-16-7-3-5(9(15)10(12,13)14)6(11)4-8(7)17-2/h3-4,9H,15H2,1-2H3. The number of rotatable bonds is 3. The first-order chi connectivity index (χ1) is 7.81. The molecule has 1 atom stereocenters. The van der Waals surface area contributed by atoms with Crippen molar-refractivity contribution in [1.82, 2.24) is 0 Å². The summed E-state index contributed by atoms with van der Waals surface area (Å²) in [5.74, 6) is 0.530. The van der Waals surface area contributed by atoms with E-state index in [0.717, 1.165) is 0 Å². The van der Waals surface area contributed by atoms with Crippen molar-refractivity contribution in [3.05, 3.63) is 22.2 Å². The Kier molecular flexibility index (Phi) is 4.26. The molecule has 1 rings (SSSR count). The molecule has 1 aromatic rings. The van der Waals surface area contributed by atoms with E-state index in [1.807, 2.05) is 0 Å². The summed E-state index contributed by atoms with van der Waals surface area (Å²) in [6.45, 7) is 0. The van der Waals surface area contributed by atoms with Crippen molar-refractivity contribution in [3.8, 4) is 11.5 Å². The first-order valence-corrected chi connectivity index (χ1v) is 5.34. The Morgan fingerprint density at radius 1 is 1.18 bits per heavy atom. The predicted octanol–water partition coefficient (Wildman–Crippen LogP) is 3.03. The molecule has 0 bridgehead atoms. The molecule has 0 heterocycles. The molecular weight excluding hydrogens is 303 g/mol. The van der Waals surface area contributed by atoms with E-state index >= 15 is 0 Å². The molecule has 17 heavy (non-hydrogen) atoms. The van der Waals surface area contributed by atoms with Crippen LogP contribution < -0.4 is 15.2 Å². The van der Waals surface area contributed by atoms with Gasteiger partial charge in [0.1, 0.15) is 6.04 Å². The van der Waals surface area contributed by atoms with E-state index in [1.54, 1.807) is 0 Å². The maximum atomic E-state index is 12.5. The molecule has 1 unspecified atom stereocenters. The smallest absolute Gasteiger partial charge is 0.407 e. The number of alkyl halides is 3. The van der Waals surface area contributed by atoms with Crippen molar-refractivity contribution in [2.75, 3.05) is 14.2 Å². The first kappa shape index (κ1) is 14.1. The van der Waals surface area contributed by atoms with Gasteiger partial charge in [0.15, 0.2) is 11.5 Å². The minimum Gasteiger partial charge on any atom is -0.493 e. The fourth-order valence-corrected chi connectivity index (χ4v) is 1.85. The van der Waals surface area contributed by atoms with E-state index < -0.39 is 12.2 Å². The largest absolute Gasteiger partial charge is 0.493 e. The van der Waals surface area contributed by atoms with Crippen molar-refractivity contribution < 1.29 is 22.6 Å². The first-order valence-electron chi connectivity index (χ1n) is 4.55. The molecular formula is C10H11BrF3NO2. The van der Waals surface area contributed by atoms with Gasteiger partial charge in [0.2, 0.25) is 0 Å². The van der Waals surface area contributed by atoms with Gasteiger partial charge >= 0.3 is 6.18 Å². The third-order valence-electron chi connectivity index (χ3n) is 2.19. The van der Waals surface area contributed by atoms with E-state index in [-0.39, 0.29) is 15.8 Å². The summed E-state index contributed by atoms with van der Waals surface area (Å²) in [6, 6.07) is 0.526. The van der Waals surface area contributed by atoms with Gasteiger partial charge in [-0.2, -0.15) is 13.2 Å². The molecule has 0 fully saturated rings. The third-order valence-corrected chi connectivity index (χ3v) is 2.88. The van der Waals surface area contributed by atoms with E-state index in [2.05, 4.69) is 15.9 Å². The van der Waals surface area contributed by atoms with Crippen molar-refractivity contribution >= 4 is 15.9 Å². The van der Waals surface area contributed by atoms with Crippen LogP contribution in [0.2, 0.25) is 0 Å². The lowest BCUT2D eigenvalue weighted by molar-refractivity contribution is -0.149. The van der Waals surface area contributed by atoms with Gasteiger partial charge < -0.3 is 15.2 Å². The molecule has 0 radical (unpaired) electrons. The summed E-state index contributed by atoms with van der Waals surface area (Å²) in [7, 11) is 2.74. The average Bonchev–Trinajstić information content (AvgIpc) is 2.26. The van der Waals surface area contributed by atoms with E-state index in [0.29, 0.717) is 5.75 Å². The SMILES string of the molecule is COc1cc(Br)c(C(N)C(F)(F)F)cc1OC. The molecule has 0 aromatic heterocycles. The molecule has 3 nitrogen and oxygen atoms in total. The van der Waals surface area contributed by atoms with Crippen LogP contribution in [0.3, 0.4) is 0 Å². The predicted molar refractivity (Wildman–Crippen MR) is 60.2 cm³/mol. The monoisotopic (exact) mass is 313 g/mol. The molecule has 96 valence electrons. The van der Waals surface area contributed by atoms with Crippen molar-refractivity contribution in [2.24, 2.45) is 5.73 Å². The minimum atomic E-state index is -4.51. The van der Waals surface area contributed by atoms with Gasteiger partial charge in [0, 0.05) is 4.47 Å². The lowest BCUT2D eigenvalue weighted by Crippen LogP contribution is -2.28. The number of ether oxygens (including phenoxy) is 2.